The standard InChI is InChI=1S/C22H22N2O5/c1-13-16-11-14(7-8-15(16)21(26)29-24-13)23-19(25)9-10-22(2,3)17-5-4-6-18-20(17)28-12-27-18/h4-8,11H,9-10,12H2,1-3H3,(H,23,25). The van der Waals surface area contributed by atoms with Crippen molar-refractivity contribution in [1.82, 2.24) is 5.16 Å². The van der Waals surface area contributed by atoms with Crippen LogP contribution in [0.25, 0.3) is 10.8 Å². The lowest BCUT2D eigenvalue weighted by Gasteiger charge is -2.26. The van der Waals surface area contributed by atoms with E-state index in [0.717, 1.165) is 17.1 Å². The minimum atomic E-state index is -0.494. The first-order valence-corrected chi connectivity index (χ1v) is 9.44. The third-order valence-electron chi connectivity index (χ3n) is 5.28. The number of benzene rings is 2. The summed E-state index contributed by atoms with van der Waals surface area (Å²) in [4.78, 5) is 24.3. The van der Waals surface area contributed by atoms with E-state index in [4.69, 9.17) is 14.0 Å². The van der Waals surface area contributed by atoms with Crippen molar-refractivity contribution in [3.63, 3.8) is 0 Å². The number of rotatable bonds is 5. The first kappa shape index (κ1) is 19.0. The SMILES string of the molecule is Cc1noc(=O)c2ccc(NC(=O)CCC(C)(C)c3cccc4c3OCO4)cc12. The zero-order valence-corrected chi connectivity index (χ0v) is 16.6. The maximum absolute atomic E-state index is 12.5. The number of hydrogen-bond donors (Lipinski definition) is 1. The van der Waals surface area contributed by atoms with Gasteiger partial charge in [-0.1, -0.05) is 31.1 Å². The summed E-state index contributed by atoms with van der Waals surface area (Å²) >= 11 is 0. The Hall–Kier alpha value is -3.35. The van der Waals surface area contributed by atoms with Crippen LogP contribution in [-0.2, 0) is 10.2 Å². The number of hydrogen-bond acceptors (Lipinski definition) is 6. The van der Waals surface area contributed by atoms with Gasteiger partial charge in [-0.05, 0) is 43.0 Å². The van der Waals surface area contributed by atoms with Gasteiger partial charge in [0.2, 0.25) is 12.7 Å². The molecule has 7 heteroatoms. The van der Waals surface area contributed by atoms with Crippen LogP contribution in [0.2, 0.25) is 0 Å². The van der Waals surface area contributed by atoms with Crippen molar-refractivity contribution >= 4 is 22.4 Å². The molecule has 7 nitrogen and oxygen atoms in total. The van der Waals surface area contributed by atoms with Crippen LogP contribution in [-0.4, -0.2) is 17.9 Å². The molecule has 0 saturated carbocycles. The maximum Gasteiger partial charge on any atom is 0.366 e. The highest BCUT2D eigenvalue weighted by molar-refractivity contribution is 5.94. The van der Waals surface area contributed by atoms with Crippen molar-refractivity contribution in [1.29, 1.82) is 0 Å². The van der Waals surface area contributed by atoms with Crippen molar-refractivity contribution in [3.8, 4) is 11.5 Å². The van der Waals surface area contributed by atoms with Crippen LogP contribution in [0, 0.1) is 6.92 Å². The van der Waals surface area contributed by atoms with Crippen molar-refractivity contribution in [2.24, 2.45) is 0 Å². The van der Waals surface area contributed by atoms with E-state index in [2.05, 4.69) is 24.3 Å². The van der Waals surface area contributed by atoms with E-state index in [-0.39, 0.29) is 18.1 Å². The Labute approximate surface area is 167 Å². The Kier molecular flexibility index (Phi) is 4.74. The van der Waals surface area contributed by atoms with Crippen molar-refractivity contribution in [2.75, 3.05) is 12.1 Å². The van der Waals surface area contributed by atoms with Crippen LogP contribution >= 0.6 is 0 Å². The smallest absolute Gasteiger partial charge is 0.366 e. The third-order valence-corrected chi connectivity index (χ3v) is 5.28. The van der Waals surface area contributed by atoms with Gasteiger partial charge in [0.25, 0.3) is 0 Å². The van der Waals surface area contributed by atoms with Gasteiger partial charge in [0.15, 0.2) is 11.5 Å². The molecule has 3 aromatic rings. The van der Waals surface area contributed by atoms with Gasteiger partial charge < -0.3 is 19.3 Å². The molecule has 0 saturated heterocycles. The van der Waals surface area contributed by atoms with Gasteiger partial charge in [0.05, 0.1) is 11.1 Å². The fourth-order valence-electron chi connectivity index (χ4n) is 3.55. The molecular weight excluding hydrogens is 372 g/mol. The highest BCUT2D eigenvalue weighted by Crippen LogP contribution is 2.43. The molecule has 1 amide bonds. The van der Waals surface area contributed by atoms with Crippen LogP contribution in [0.3, 0.4) is 0 Å². The number of ether oxygens (including phenoxy) is 2. The minimum Gasteiger partial charge on any atom is -0.454 e. The van der Waals surface area contributed by atoms with Crippen molar-refractivity contribution in [2.45, 2.75) is 39.0 Å². The Balaban J connectivity index is 1.46. The third kappa shape index (κ3) is 3.68. The number of nitrogens with one attached hydrogen (secondary N) is 1. The zero-order valence-electron chi connectivity index (χ0n) is 16.6. The van der Waals surface area contributed by atoms with E-state index in [9.17, 15) is 9.59 Å². The molecule has 2 heterocycles. The quantitative estimate of drug-likeness (QED) is 0.705. The summed E-state index contributed by atoms with van der Waals surface area (Å²) in [6, 6.07) is 10.9. The Morgan fingerprint density at radius 3 is 2.83 bits per heavy atom. The van der Waals surface area contributed by atoms with E-state index in [1.165, 1.54) is 0 Å². The molecular formula is C22H22N2O5. The number of carbonyl (C=O) groups excluding carboxylic acids is 1. The molecule has 1 aromatic heterocycles. The molecule has 1 N–H and O–H groups in total. The van der Waals surface area contributed by atoms with E-state index < -0.39 is 5.63 Å². The summed E-state index contributed by atoms with van der Waals surface area (Å²) in [5.74, 6) is 1.40. The normalized spacial score (nSPS) is 12.9. The average molecular weight is 394 g/mol. The van der Waals surface area contributed by atoms with Crippen LogP contribution in [0.15, 0.2) is 45.7 Å². The van der Waals surface area contributed by atoms with Gasteiger partial charge in [0.1, 0.15) is 0 Å². The molecule has 0 spiro atoms. The maximum atomic E-state index is 12.5. The fourth-order valence-corrected chi connectivity index (χ4v) is 3.55. The van der Waals surface area contributed by atoms with Crippen LogP contribution in [0.5, 0.6) is 11.5 Å². The summed E-state index contributed by atoms with van der Waals surface area (Å²) in [6.45, 7) is 6.14. The summed E-state index contributed by atoms with van der Waals surface area (Å²) in [7, 11) is 0. The lowest BCUT2D eigenvalue weighted by Crippen LogP contribution is -2.22. The molecule has 0 fully saturated rings. The molecule has 2 aromatic carbocycles. The second-order valence-electron chi connectivity index (χ2n) is 7.79. The monoisotopic (exact) mass is 394 g/mol. The van der Waals surface area contributed by atoms with E-state index >= 15 is 0 Å². The van der Waals surface area contributed by atoms with Gasteiger partial charge in [-0.2, -0.15) is 0 Å². The van der Waals surface area contributed by atoms with E-state index in [0.29, 0.717) is 35.0 Å². The highest BCUT2D eigenvalue weighted by atomic mass is 16.7. The lowest BCUT2D eigenvalue weighted by molar-refractivity contribution is -0.116. The molecule has 0 unspecified atom stereocenters. The van der Waals surface area contributed by atoms with Gasteiger partial charge in [-0.3, -0.25) is 4.79 Å². The summed E-state index contributed by atoms with van der Waals surface area (Å²) in [5.41, 5.74) is 1.48. The summed E-state index contributed by atoms with van der Waals surface area (Å²) < 4.78 is 15.8. The number of carbonyl (C=O) groups is 1. The molecule has 0 radical (unpaired) electrons. The van der Waals surface area contributed by atoms with Gasteiger partial charge in [-0.15, -0.1) is 0 Å². The average Bonchev–Trinajstić information content (AvgIpc) is 3.18. The first-order valence-electron chi connectivity index (χ1n) is 9.44. The second-order valence-corrected chi connectivity index (χ2v) is 7.79. The Morgan fingerprint density at radius 2 is 2.00 bits per heavy atom. The van der Waals surface area contributed by atoms with Crippen molar-refractivity contribution < 1.29 is 18.8 Å². The van der Waals surface area contributed by atoms with Gasteiger partial charge >= 0.3 is 5.63 Å². The predicted octanol–water partition coefficient (Wildman–Crippen LogP) is 3.92. The van der Waals surface area contributed by atoms with E-state index in [1.54, 1.807) is 25.1 Å². The largest absolute Gasteiger partial charge is 0.454 e. The van der Waals surface area contributed by atoms with Crippen LogP contribution in [0.1, 0.15) is 37.9 Å². The first-order chi connectivity index (χ1) is 13.8. The number of fused-ring (bicyclic) bond motifs is 2. The van der Waals surface area contributed by atoms with Gasteiger partial charge in [-0.25, -0.2) is 4.79 Å². The number of nitrogens with zero attached hydrogens (tertiary/aromatic N) is 1. The number of anilines is 1. The number of aryl methyl sites for hydroxylation is 1. The molecule has 1 aliphatic rings. The highest BCUT2D eigenvalue weighted by Gasteiger charge is 2.29. The molecule has 0 aliphatic carbocycles. The van der Waals surface area contributed by atoms with Crippen molar-refractivity contribution in [3.05, 3.63) is 58.1 Å². The Morgan fingerprint density at radius 1 is 1.17 bits per heavy atom. The summed E-state index contributed by atoms with van der Waals surface area (Å²) in [5, 5.41) is 7.74. The molecule has 150 valence electrons. The molecule has 0 bridgehead atoms. The molecule has 29 heavy (non-hydrogen) atoms. The molecule has 0 atom stereocenters. The Bertz CT molecular complexity index is 1150. The predicted molar refractivity (Wildman–Crippen MR) is 108 cm³/mol. The second kappa shape index (κ2) is 7.24. The van der Waals surface area contributed by atoms with E-state index in [1.807, 2.05) is 18.2 Å². The zero-order chi connectivity index (χ0) is 20.6. The minimum absolute atomic E-state index is 0.101. The summed E-state index contributed by atoms with van der Waals surface area (Å²) in [6.07, 6.45) is 0.972. The molecule has 4 rings (SSSR count). The van der Waals surface area contributed by atoms with Gasteiger partial charge in [0, 0.05) is 23.1 Å². The van der Waals surface area contributed by atoms with Crippen LogP contribution in [0.4, 0.5) is 5.69 Å². The molecule has 1 aliphatic heterocycles. The van der Waals surface area contributed by atoms with Crippen LogP contribution < -0.4 is 20.4 Å². The number of para-hydroxylation sites is 1. The topological polar surface area (TPSA) is 90.7 Å². The fraction of sp³-hybridized carbons (Fsp3) is 0.318. The number of aromatic nitrogens is 1. The lowest BCUT2D eigenvalue weighted by atomic mass is 9.79. The number of amides is 1.